The standard InChI is InChI=1S/C26H22ClN3O3/c27-22-10-6-20(7-11-22)18-33-24-14-15-25(31)30(29-24)23-12-8-21(9-13-23)26(32)28-17-16-19-4-2-1-3-5-19/h1-15H,16-18H2,(H,28,32). The molecule has 1 heterocycles. The van der Waals surface area contributed by atoms with Gasteiger partial charge in [0, 0.05) is 29.3 Å². The lowest BCUT2D eigenvalue weighted by molar-refractivity contribution is 0.0954. The van der Waals surface area contributed by atoms with Gasteiger partial charge in [0.2, 0.25) is 5.88 Å². The monoisotopic (exact) mass is 459 g/mol. The molecular formula is C26H22ClN3O3. The molecular weight excluding hydrogens is 438 g/mol. The molecule has 0 aliphatic carbocycles. The van der Waals surface area contributed by atoms with Gasteiger partial charge in [0.05, 0.1) is 5.69 Å². The molecule has 0 bridgehead atoms. The summed E-state index contributed by atoms with van der Waals surface area (Å²) in [5, 5.41) is 7.85. The molecule has 33 heavy (non-hydrogen) atoms. The molecule has 7 heteroatoms. The second-order valence-electron chi connectivity index (χ2n) is 7.38. The van der Waals surface area contributed by atoms with E-state index in [1.54, 1.807) is 36.4 Å². The van der Waals surface area contributed by atoms with Crippen molar-refractivity contribution >= 4 is 17.5 Å². The minimum absolute atomic E-state index is 0.169. The molecule has 4 rings (SSSR count). The van der Waals surface area contributed by atoms with Gasteiger partial charge < -0.3 is 10.1 Å². The van der Waals surface area contributed by atoms with Crippen molar-refractivity contribution in [3.63, 3.8) is 0 Å². The van der Waals surface area contributed by atoms with E-state index in [1.807, 2.05) is 42.5 Å². The molecule has 0 unspecified atom stereocenters. The van der Waals surface area contributed by atoms with Gasteiger partial charge in [0.1, 0.15) is 6.61 Å². The number of nitrogens with one attached hydrogen (secondary N) is 1. The van der Waals surface area contributed by atoms with Gasteiger partial charge in [0.15, 0.2) is 0 Å². The van der Waals surface area contributed by atoms with Gasteiger partial charge in [-0.05, 0) is 53.9 Å². The number of benzene rings is 3. The van der Waals surface area contributed by atoms with Gasteiger partial charge in [-0.3, -0.25) is 9.59 Å². The lowest BCUT2D eigenvalue weighted by atomic mass is 10.1. The summed E-state index contributed by atoms with van der Waals surface area (Å²) in [5.41, 5.74) is 2.85. The predicted molar refractivity (Wildman–Crippen MR) is 128 cm³/mol. The third-order valence-corrected chi connectivity index (χ3v) is 5.24. The van der Waals surface area contributed by atoms with E-state index in [0.29, 0.717) is 35.3 Å². The van der Waals surface area contributed by atoms with E-state index >= 15 is 0 Å². The number of ether oxygens (including phenoxy) is 1. The summed E-state index contributed by atoms with van der Waals surface area (Å²) in [5.74, 6) is 0.144. The van der Waals surface area contributed by atoms with Gasteiger partial charge in [-0.25, -0.2) is 0 Å². The first-order chi connectivity index (χ1) is 16.1. The van der Waals surface area contributed by atoms with Crippen molar-refractivity contribution < 1.29 is 9.53 Å². The summed E-state index contributed by atoms with van der Waals surface area (Å²) in [4.78, 5) is 24.8. The van der Waals surface area contributed by atoms with E-state index in [9.17, 15) is 9.59 Å². The highest BCUT2D eigenvalue weighted by atomic mass is 35.5. The van der Waals surface area contributed by atoms with Crippen molar-refractivity contribution in [3.8, 4) is 11.6 Å². The molecule has 1 aromatic heterocycles. The Balaban J connectivity index is 1.39. The summed E-state index contributed by atoms with van der Waals surface area (Å²) < 4.78 is 6.96. The van der Waals surface area contributed by atoms with Crippen LogP contribution in [0.2, 0.25) is 5.02 Å². The van der Waals surface area contributed by atoms with Crippen LogP contribution in [0.3, 0.4) is 0 Å². The number of carbonyl (C=O) groups is 1. The van der Waals surface area contributed by atoms with E-state index in [-0.39, 0.29) is 11.5 Å². The maximum atomic E-state index is 12.4. The summed E-state index contributed by atoms with van der Waals surface area (Å²) in [6, 6.07) is 26.9. The highest BCUT2D eigenvalue weighted by Gasteiger charge is 2.08. The fraction of sp³-hybridized carbons (Fsp3) is 0.115. The molecule has 0 fully saturated rings. The molecule has 166 valence electrons. The van der Waals surface area contributed by atoms with Crippen LogP contribution in [-0.2, 0) is 13.0 Å². The first-order valence-corrected chi connectivity index (χ1v) is 10.9. The molecule has 0 saturated heterocycles. The maximum absolute atomic E-state index is 12.4. The molecule has 0 radical (unpaired) electrons. The number of rotatable bonds is 8. The second-order valence-corrected chi connectivity index (χ2v) is 7.81. The number of halogens is 1. The van der Waals surface area contributed by atoms with Crippen molar-refractivity contribution in [2.45, 2.75) is 13.0 Å². The minimum Gasteiger partial charge on any atom is -0.472 e. The molecule has 1 amide bonds. The third-order valence-electron chi connectivity index (χ3n) is 4.99. The SMILES string of the molecule is O=C(NCCc1ccccc1)c1ccc(-n2nc(OCc3ccc(Cl)cc3)ccc2=O)cc1. The fourth-order valence-corrected chi connectivity index (χ4v) is 3.34. The third kappa shape index (κ3) is 6.08. The van der Waals surface area contributed by atoms with Crippen LogP contribution in [0.4, 0.5) is 0 Å². The Morgan fingerprint density at radius 1 is 0.879 bits per heavy atom. The Hall–Kier alpha value is -3.90. The average Bonchev–Trinajstić information content (AvgIpc) is 2.85. The number of hydrogen-bond donors (Lipinski definition) is 1. The van der Waals surface area contributed by atoms with Gasteiger partial charge >= 0.3 is 0 Å². The van der Waals surface area contributed by atoms with Crippen LogP contribution in [0.5, 0.6) is 5.88 Å². The van der Waals surface area contributed by atoms with Gasteiger partial charge in [-0.15, -0.1) is 5.10 Å². The summed E-state index contributed by atoms with van der Waals surface area (Å²) in [6.07, 6.45) is 0.757. The van der Waals surface area contributed by atoms with Crippen molar-refractivity contribution in [3.05, 3.63) is 123 Å². The second kappa shape index (κ2) is 10.6. The maximum Gasteiger partial charge on any atom is 0.271 e. The van der Waals surface area contributed by atoms with Crippen molar-refractivity contribution in [1.82, 2.24) is 15.1 Å². The van der Waals surface area contributed by atoms with Crippen LogP contribution in [-0.4, -0.2) is 22.2 Å². The summed E-state index contributed by atoms with van der Waals surface area (Å²) in [7, 11) is 0. The minimum atomic E-state index is -0.297. The van der Waals surface area contributed by atoms with Crippen LogP contribution in [0, 0.1) is 0 Å². The fourth-order valence-electron chi connectivity index (χ4n) is 3.22. The lowest BCUT2D eigenvalue weighted by Crippen LogP contribution is -2.26. The molecule has 6 nitrogen and oxygen atoms in total. The average molecular weight is 460 g/mol. The van der Waals surface area contributed by atoms with Crippen molar-refractivity contribution in [1.29, 1.82) is 0 Å². The van der Waals surface area contributed by atoms with Crippen LogP contribution in [0.25, 0.3) is 5.69 Å². The molecule has 0 saturated carbocycles. The number of carbonyl (C=O) groups excluding carboxylic acids is 1. The molecule has 0 aliphatic heterocycles. The van der Waals surface area contributed by atoms with Crippen LogP contribution < -0.4 is 15.6 Å². The highest BCUT2D eigenvalue weighted by Crippen LogP contribution is 2.13. The van der Waals surface area contributed by atoms with Gasteiger partial charge in [0.25, 0.3) is 11.5 Å². The van der Waals surface area contributed by atoms with E-state index < -0.39 is 0 Å². The van der Waals surface area contributed by atoms with Crippen molar-refractivity contribution in [2.75, 3.05) is 6.54 Å². The number of amides is 1. The topological polar surface area (TPSA) is 73.2 Å². The Morgan fingerprint density at radius 3 is 2.33 bits per heavy atom. The lowest BCUT2D eigenvalue weighted by Gasteiger charge is -2.10. The zero-order valence-electron chi connectivity index (χ0n) is 17.8. The molecule has 0 spiro atoms. The van der Waals surface area contributed by atoms with Crippen LogP contribution in [0.15, 0.2) is 95.8 Å². The largest absolute Gasteiger partial charge is 0.472 e. The Labute approximate surface area is 196 Å². The number of aromatic nitrogens is 2. The van der Waals surface area contributed by atoms with E-state index in [4.69, 9.17) is 16.3 Å². The van der Waals surface area contributed by atoms with Crippen molar-refractivity contribution in [2.24, 2.45) is 0 Å². The molecule has 4 aromatic rings. The Bertz CT molecular complexity index is 1270. The van der Waals surface area contributed by atoms with Gasteiger partial charge in [-0.2, -0.15) is 4.68 Å². The first kappa shape index (κ1) is 22.3. The highest BCUT2D eigenvalue weighted by molar-refractivity contribution is 6.30. The molecule has 0 aliphatic rings. The van der Waals surface area contributed by atoms with Crippen LogP contribution in [0.1, 0.15) is 21.5 Å². The summed E-state index contributed by atoms with van der Waals surface area (Å²) >= 11 is 5.90. The van der Waals surface area contributed by atoms with E-state index in [1.165, 1.54) is 16.8 Å². The molecule has 3 aromatic carbocycles. The molecule has 1 N–H and O–H groups in total. The quantitative estimate of drug-likeness (QED) is 0.423. The predicted octanol–water partition coefficient (Wildman–Crippen LogP) is 4.44. The smallest absolute Gasteiger partial charge is 0.271 e. The Morgan fingerprint density at radius 2 is 1.61 bits per heavy atom. The number of nitrogens with zero attached hydrogens (tertiary/aromatic N) is 2. The number of hydrogen-bond acceptors (Lipinski definition) is 4. The zero-order chi connectivity index (χ0) is 23.0. The van der Waals surface area contributed by atoms with Crippen LogP contribution >= 0.6 is 11.6 Å². The van der Waals surface area contributed by atoms with Gasteiger partial charge in [-0.1, -0.05) is 54.1 Å². The zero-order valence-corrected chi connectivity index (χ0v) is 18.5. The Kier molecular flexibility index (Phi) is 7.17. The summed E-state index contributed by atoms with van der Waals surface area (Å²) in [6.45, 7) is 0.836. The molecule has 0 atom stereocenters. The van der Waals surface area contributed by atoms with E-state index in [2.05, 4.69) is 10.4 Å². The normalized spacial score (nSPS) is 10.6. The van der Waals surface area contributed by atoms with E-state index in [0.717, 1.165) is 17.5 Å². The first-order valence-electron chi connectivity index (χ1n) is 10.5.